The summed E-state index contributed by atoms with van der Waals surface area (Å²) >= 11 is 5.78. The molecule has 4 nitrogen and oxygen atoms in total. The van der Waals surface area contributed by atoms with Gasteiger partial charge < -0.3 is 9.47 Å². The van der Waals surface area contributed by atoms with Gasteiger partial charge in [0.1, 0.15) is 0 Å². The second kappa shape index (κ2) is 4.37. The summed E-state index contributed by atoms with van der Waals surface area (Å²) in [6, 6.07) is 6.62. The van der Waals surface area contributed by atoms with Crippen LogP contribution in [0.1, 0.15) is 18.4 Å². The Balaban J connectivity index is 2.44. The van der Waals surface area contributed by atoms with Gasteiger partial charge in [0.25, 0.3) is 0 Å². The highest BCUT2D eigenvalue weighted by molar-refractivity contribution is 6.30. The lowest BCUT2D eigenvalue weighted by Gasteiger charge is -2.24. The summed E-state index contributed by atoms with van der Waals surface area (Å²) in [5, 5.41) is 0.554. The summed E-state index contributed by atoms with van der Waals surface area (Å²) in [4.78, 5) is 23.1. The topological polar surface area (TPSA) is 52.6 Å². The van der Waals surface area contributed by atoms with E-state index in [-0.39, 0.29) is 6.42 Å². The molecule has 0 amide bonds. The Hall–Kier alpha value is -1.55. The predicted molar refractivity (Wildman–Crippen MR) is 60.5 cm³/mol. The molecule has 1 atom stereocenters. The Morgan fingerprint density at radius 1 is 1.41 bits per heavy atom. The summed E-state index contributed by atoms with van der Waals surface area (Å²) in [6.07, 6.45) is 0.498. The predicted octanol–water partition coefficient (Wildman–Crippen LogP) is 2.05. The number of methoxy groups -OCH3 is 1. The number of carbonyl (C=O) groups excluding carboxylic acids is 2. The van der Waals surface area contributed by atoms with Crippen LogP contribution in [0.5, 0.6) is 0 Å². The van der Waals surface area contributed by atoms with E-state index in [1.807, 2.05) is 0 Å². The number of hydrogen-bond donors (Lipinski definition) is 0. The zero-order valence-corrected chi connectivity index (χ0v) is 9.99. The van der Waals surface area contributed by atoms with Crippen LogP contribution in [0.3, 0.4) is 0 Å². The Morgan fingerprint density at radius 2 is 2.06 bits per heavy atom. The van der Waals surface area contributed by atoms with Crippen molar-refractivity contribution in [1.82, 2.24) is 0 Å². The molecular formula is C12H11ClO4. The van der Waals surface area contributed by atoms with Gasteiger partial charge in [0, 0.05) is 17.0 Å². The van der Waals surface area contributed by atoms with Crippen LogP contribution in [0.2, 0.25) is 5.02 Å². The molecule has 1 heterocycles. The van der Waals surface area contributed by atoms with Crippen molar-refractivity contribution in [2.45, 2.75) is 18.4 Å². The van der Waals surface area contributed by atoms with Gasteiger partial charge in [0.2, 0.25) is 5.60 Å². The molecule has 5 heteroatoms. The van der Waals surface area contributed by atoms with Crippen molar-refractivity contribution in [1.29, 1.82) is 0 Å². The summed E-state index contributed by atoms with van der Waals surface area (Å²) < 4.78 is 9.89. The fourth-order valence-electron chi connectivity index (χ4n) is 1.92. The van der Waals surface area contributed by atoms with Gasteiger partial charge in [0.15, 0.2) is 0 Å². The third-order valence-electron chi connectivity index (χ3n) is 2.79. The molecule has 90 valence electrons. The maximum atomic E-state index is 11.8. The number of halogens is 1. The van der Waals surface area contributed by atoms with Crippen molar-refractivity contribution in [2.75, 3.05) is 7.11 Å². The van der Waals surface area contributed by atoms with Crippen molar-refractivity contribution in [3.05, 3.63) is 34.9 Å². The van der Waals surface area contributed by atoms with Gasteiger partial charge >= 0.3 is 11.9 Å². The van der Waals surface area contributed by atoms with E-state index >= 15 is 0 Å². The number of ether oxygens (including phenoxy) is 2. The third-order valence-corrected chi connectivity index (χ3v) is 3.05. The zero-order chi connectivity index (χ0) is 12.5. The smallest absolute Gasteiger partial charge is 0.355 e. The molecule has 1 unspecified atom stereocenters. The number of hydrogen-bond acceptors (Lipinski definition) is 4. The van der Waals surface area contributed by atoms with E-state index in [2.05, 4.69) is 0 Å². The number of benzene rings is 1. The van der Waals surface area contributed by atoms with Gasteiger partial charge in [-0.2, -0.15) is 0 Å². The van der Waals surface area contributed by atoms with E-state index in [1.165, 1.54) is 7.11 Å². The van der Waals surface area contributed by atoms with E-state index in [9.17, 15) is 9.59 Å². The summed E-state index contributed by atoms with van der Waals surface area (Å²) in [6.45, 7) is 0. The van der Waals surface area contributed by atoms with E-state index in [0.29, 0.717) is 17.0 Å². The molecule has 17 heavy (non-hydrogen) atoms. The highest BCUT2D eigenvalue weighted by Crippen LogP contribution is 2.38. The average molecular weight is 255 g/mol. The highest BCUT2D eigenvalue weighted by Gasteiger charge is 2.49. The molecule has 1 aliphatic heterocycles. The lowest BCUT2D eigenvalue weighted by molar-refractivity contribution is -0.173. The third kappa shape index (κ3) is 2.00. The maximum Gasteiger partial charge on any atom is 0.355 e. The fourth-order valence-corrected chi connectivity index (χ4v) is 2.05. The fraction of sp³-hybridized carbons (Fsp3) is 0.333. The second-order valence-electron chi connectivity index (χ2n) is 3.80. The zero-order valence-electron chi connectivity index (χ0n) is 9.23. The van der Waals surface area contributed by atoms with Crippen LogP contribution in [-0.2, 0) is 24.7 Å². The van der Waals surface area contributed by atoms with E-state index in [1.54, 1.807) is 24.3 Å². The highest BCUT2D eigenvalue weighted by atomic mass is 35.5. The minimum Gasteiger partial charge on any atom is -0.466 e. The maximum absolute atomic E-state index is 11.8. The van der Waals surface area contributed by atoms with Crippen molar-refractivity contribution >= 4 is 23.5 Å². The van der Waals surface area contributed by atoms with Gasteiger partial charge in [-0.15, -0.1) is 0 Å². The Morgan fingerprint density at radius 3 is 2.53 bits per heavy atom. The van der Waals surface area contributed by atoms with E-state index < -0.39 is 17.5 Å². The van der Waals surface area contributed by atoms with Crippen LogP contribution in [0.25, 0.3) is 0 Å². The van der Waals surface area contributed by atoms with Gasteiger partial charge in [0.05, 0.1) is 13.5 Å². The number of carbonyl (C=O) groups is 2. The van der Waals surface area contributed by atoms with Gasteiger partial charge in [-0.3, -0.25) is 4.79 Å². The second-order valence-corrected chi connectivity index (χ2v) is 4.24. The molecule has 0 aliphatic carbocycles. The summed E-state index contributed by atoms with van der Waals surface area (Å²) in [5.74, 6) is -0.962. The molecule has 0 N–H and O–H groups in total. The molecule has 1 saturated heterocycles. The first-order valence-electron chi connectivity index (χ1n) is 5.15. The van der Waals surface area contributed by atoms with Crippen LogP contribution < -0.4 is 0 Å². The Bertz CT molecular complexity index is 454. The van der Waals surface area contributed by atoms with E-state index in [4.69, 9.17) is 21.1 Å². The summed E-state index contributed by atoms with van der Waals surface area (Å²) in [5.41, 5.74) is -0.726. The molecule has 1 aromatic rings. The molecule has 0 saturated carbocycles. The van der Waals surface area contributed by atoms with Gasteiger partial charge in [-0.25, -0.2) is 4.79 Å². The molecule has 0 spiro atoms. The van der Waals surface area contributed by atoms with Crippen LogP contribution in [0, 0.1) is 0 Å². The standard InChI is InChI=1S/C12H11ClO4/c1-16-11(15)12(7-6-10(14)17-12)8-2-4-9(13)5-3-8/h2-5H,6-7H2,1H3. The van der Waals surface area contributed by atoms with Gasteiger partial charge in [-0.1, -0.05) is 23.7 Å². The molecule has 1 aromatic carbocycles. The van der Waals surface area contributed by atoms with Crippen LogP contribution in [0.15, 0.2) is 24.3 Å². The van der Waals surface area contributed by atoms with Crippen molar-refractivity contribution in [2.24, 2.45) is 0 Å². The molecule has 0 bridgehead atoms. The number of cyclic esters (lactones) is 1. The SMILES string of the molecule is COC(=O)C1(c2ccc(Cl)cc2)CCC(=O)O1. The molecule has 2 rings (SSSR count). The first kappa shape index (κ1) is 11.9. The van der Waals surface area contributed by atoms with E-state index in [0.717, 1.165) is 0 Å². The normalized spacial score (nSPS) is 23.3. The number of rotatable bonds is 2. The van der Waals surface area contributed by atoms with Gasteiger partial charge in [-0.05, 0) is 12.1 Å². The Kier molecular flexibility index (Phi) is 3.07. The van der Waals surface area contributed by atoms with Crippen molar-refractivity contribution in [3.8, 4) is 0 Å². The monoisotopic (exact) mass is 254 g/mol. The molecule has 1 aliphatic rings. The largest absolute Gasteiger partial charge is 0.466 e. The lowest BCUT2D eigenvalue weighted by atomic mass is 9.91. The van der Waals surface area contributed by atoms with Crippen LogP contribution in [0.4, 0.5) is 0 Å². The molecular weight excluding hydrogens is 244 g/mol. The molecule has 0 aromatic heterocycles. The quantitative estimate of drug-likeness (QED) is 0.758. The minimum absolute atomic E-state index is 0.206. The minimum atomic E-state index is -1.31. The molecule has 1 fully saturated rings. The first-order chi connectivity index (χ1) is 8.08. The van der Waals surface area contributed by atoms with Crippen molar-refractivity contribution in [3.63, 3.8) is 0 Å². The Labute approximate surface area is 103 Å². The van der Waals surface area contributed by atoms with Crippen LogP contribution in [-0.4, -0.2) is 19.0 Å². The van der Waals surface area contributed by atoms with Crippen LogP contribution >= 0.6 is 11.6 Å². The van der Waals surface area contributed by atoms with Crippen molar-refractivity contribution < 1.29 is 19.1 Å². The average Bonchev–Trinajstić information content (AvgIpc) is 2.72. The summed E-state index contributed by atoms with van der Waals surface area (Å²) in [7, 11) is 1.27. The number of esters is 2. The molecule has 0 radical (unpaired) electrons. The first-order valence-corrected chi connectivity index (χ1v) is 5.52. The lowest BCUT2D eigenvalue weighted by Crippen LogP contribution is -2.36.